The molecule has 0 radical (unpaired) electrons. The van der Waals surface area contributed by atoms with E-state index in [-0.39, 0.29) is 25.7 Å². The summed E-state index contributed by atoms with van der Waals surface area (Å²) in [4.78, 5) is 33.2. The van der Waals surface area contributed by atoms with Crippen LogP contribution in [0.3, 0.4) is 0 Å². The second kappa shape index (κ2) is 23.3. The van der Waals surface area contributed by atoms with Crippen molar-refractivity contribution in [2.24, 2.45) is 0 Å². The van der Waals surface area contributed by atoms with Crippen molar-refractivity contribution >= 4 is 19.8 Å². The number of aliphatic hydroxyl groups excluding tert-OH is 1. The van der Waals surface area contributed by atoms with E-state index < -0.39 is 32.5 Å². The first kappa shape index (κ1) is 38.7. The van der Waals surface area contributed by atoms with Crippen molar-refractivity contribution in [2.75, 3.05) is 47.5 Å². The molecule has 41 heavy (non-hydrogen) atoms. The second-order valence-electron chi connectivity index (χ2n) is 10.3. The van der Waals surface area contributed by atoms with Crippen LogP contribution >= 0.6 is 7.82 Å². The molecule has 0 aromatic rings. The number of esters is 2. The average Bonchev–Trinajstić information content (AvgIpc) is 2.88. The fourth-order valence-corrected chi connectivity index (χ4v) is 3.68. The van der Waals surface area contributed by atoms with Gasteiger partial charge in [0.2, 0.25) is 0 Å². The van der Waals surface area contributed by atoms with Crippen LogP contribution in [0.2, 0.25) is 0 Å². The van der Waals surface area contributed by atoms with Crippen LogP contribution in [0.4, 0.5) is 0 Å². The molecule has 234 valence electrons. The lowest BCUT2D eigenvalue weighted by Gasteiger charge is -2.24. The lowest BCUT2D eigenvalue weighted by Crippen LogP contribution is -2.37. The number of aliphatic hydroxyl groups is 1. The number of hydrogen-bond donors (Lipinski definition) is 2. The van der Waals surface area contributed by atoms with Crippen molar-refractivity contribution in [3.05, 3.63) is 60.8 Å². The topological polar surface area (TPSA) is 129 Å². The zero-order valence-corrected chi connectivity index (χ0v) is 26.2. The van der Waals surface area contributed by atoms with Gasteiger partial charge in [-0.1, -0.05) is 67.7 Å². The van der Waals surface area contributed by atoms with Crippen LogP contribution in [-0.2, 0) is 32.7 Å². The molecular weight excluding hydrogens is 549 g/mol. The minimum atomic E-state index is -4.34. The molecule has 10 nitrogen and oxygen atoms in total. The molecule has 11 heteroatoms. The van der Waals surface area contributed by atoms with E-state index in [1.54, 1.807) is 6.08 Å². The zero-order chi connectivity index (χ0) is 31.0. The molecule has 0 aliphatic rings. The van der Waals surface area contributed by atoms with Crippen molar-refractivity contribution in [1.82, 2.24) is 0 Å². The molecule has 0 spiro atoms. The molecule has 0 rings (SSSR count). The number of phosphoric acid groups is 1. The van der Waals surface area contributed by atoms with Crippen LogP contribution < -0.4 is 0 Å². The van der Waals surface area contributed by atoms with Crippen LogP contribution in [0.5, 0.6) is 0 Å². The number of phosphoric ester groups is 1. The number of nitrogens with zero attached hydrogens (tertiary/aromatic N) is 1. The van der Waals surface area contributed by atoms with Crippen molar-refractivity contribution in [3.63, 3.8) is 0 Å². The van der Waals surface area contributed by atoms with Gasteiger partial charge < -0.3 is 24.0 Å². The van der Waals surface area contributed by atoms with Gasteiger partial charge in [-0.3, -0.25) is 18.6 Å². The van der Waals surface area contributed by atoms with Gasteiger partial charge in [0.15, 0.2) is 6.10 Å². The molecule has 0 saturated carbocycles. The lowest BCUT2D eigenvalue weighted by molar-refractivity contribution is -0.870. The Morgan fingerprint density at radius 1 is 0.902 bits per heavy atom. The van der Waals surface area contributed by atoms with Gasteiger partial charge in [-0.15, -0.1) is 0 Å². The predicted octanol–water partition coefficient (Wildman–Crippen LogP) is 5.19. The summed E-state index contributed by atoms with van der Waals surface area (Å²) in [5, 5.41) is 9.41. The summed E-state index contributed by atoms with van der Waals surface area (Å²) in [7, 11) is 1.40. The maximum Gasteiger partial charge on any atom is 0.472 e. The Labute approximate surface area is 246 Å². The molecule has 0 fully saturated rings. The third-order valence-electron chi connectivity index (χ3n) is 5.27. The van der Waals surface area contributed by atoms with E-state index in [1.165, 1.54) is 6.92 Å². The Kier molecular flexibility index (Phi) is 21.9. The summed E-state index contributed by atoms with van der Waals surface area (Å²) in [5.74, 6) is -1.09. The Balaban J connectivity index is 4.12. The number of quaternary nitrogens is 1. The lowest BCUT2D eigenvalue weighted by atomic mass is 10.2. The summed E-state index contributed by atoms with van der Waals surface area (Å²) in [6.45, 7) is 2.89. The van der Waals surface area contributed by atoms with E-state index in [9.17, 15) is 24.2 Å². The SMILES string of the molecule is CC[C@H](O)/C=C/C=C\C/C=C\C/C=C\C/C=C\CCCC(=O)OC[C@H](COP(=O)(O)OCC[N+](C)(C)C)OC(C)=O. The first-order chi connectivity index (χ1) is 19.3. The molecule has 0 saturated heterocycles. The van der Waals surface area contributed by atoms with Gasteiger partial charge >= 0.3 is 19.8 Å². The molecule has 0 aromatic carbocycles. The van der Waals surface area contributed by atoms with E-state index in [1.807, 2.05) is 58.4 Å². The third-order valence-corrected chi connectivity index (χ3v) is 6.25. The Morgan fingerprint density at radius 3 is 2.10 bits per heavy atom. The maximum absolute atomic E-state index is 12.1. The second-order valence-corrected chi connectivity index (χ2v) is 11.8. The van der Waals surface area contributed by atoms with E-state index in [2.05, 4.69) is 24.3 Å². The van der Waals surface area contributed by atoms with Gasteiger partial charge in [0, 0.05) is 13.3 Å². The number of unbranched alkanes of at least 4 members (excludes halogenated alkanes) is 1. The minimum Gasteiger partial charge on any atom is -0.462 e. The van der Waals surface area contributed by atoms with Crippen molar-refractivity contribution < 1.29 is 47.2 Å². The number of hydrogen-bond acceptors (Lipinski definition) is 8. The first-order valence-corrected chi connectivity index (χ1v) is 15.6. The summed E-state index contributed by atoms with van der Waals surface area (Å²) in [6.07, 6.45) is 23.3. The number of carbonyl (C=O) groups excluding carboxylic acids is 2. The van der Waals surface area contributed by atoms with Gasteiger partial charge in [0.05, 0.1) is 33.9 Å². The predicted molar refractivity (Wildman–Crippen MR) is 161 cm³/mol. The molecule has 0 amide bonds. The highest BCUT2D eigenvalue weighted by atomic mass is 31.2. The van der Waals surface area contributed by atoms with Crippen molar-refractivity contribution in [2.45, 2.75) is 71.0 Å². The van der Waals surface area contributed by atoms with E-state index >= 15 is 0 Å². The molecule has 0 aromatic heterocycles. The van der Waals surface area contributed by atoms with Crippen LogP contribution in [0.15, 0.2) is 60.8 Å². The smallest absolute Gasteiger partial charge is 0.462 e. The average molecular weight is 601 g/mol. The largest absolute Gasteiger partial charge is 0.472 e. The molecule has 0 aliphatic carbocycles. The highest BCUT2D eigenvalue weighted by molar-refractivity contribution is 7.47. The summed E-state index contributed by atoms with van der Waals surface area (Å²) in [6, 6.07) is 0. The van der Waals surface area contributed by atoms with Crippen LogP contribution in [0, 0.1) is 0 Å². The standard InChI is InChI=1S/C30H50NO9P/c1-6-28(33)21-19-17-15-13-11-9-7-8-10-12-14-16-18-20-22-30(34)37-25-29(40-27(2)32)26-39-41(35,36)38-24-23-31(3,4)5/h8-11,14-17,19,21,28-29,33H,6-7,12-13,18,20,22-26H2,1-5H3/p+1/b10-8-,11-9-,16-14-,17-15-,21-19+/t28-,29+/m0/s1. The van der Waals surface area contributed by atoms with Crippen LogP contribution in [0.25, 0.3) is 0 Å². The summed E-state index contributed by atoms with van der Waals surface area (Å²) >= 11 is 0. The summed E-state index contributed by atoms with van der Waals surface area (Å²) < 4.78 is 32.6. The number of carbonyl (C=O) groups is 2. The van der Waals surface area contributed by atoms with E-state index in [0.717, 1.165) is 19.3 Å². The fourth-order valence-electron chi connectivity index (χ4n) is 2.94. The Bertz CT molecular complexity index is 919. The molecule has 1 unspecified atom stereocenters. The van der Waals surface area contributed by atoms with Crippen molar-refractivity contribution in [3.8, 4) is 0 Å². The highest BCUT2D eigenvalue weighted by Gasteiger charge is 2.26. The highest BCUT2D eigenvalue weighted by Crippen LogP contribution is 2.43. The van der Waals surface area contributed by atoms with Gasteiger partial charge in [0.1, 0.15) is 19.8 Å². The van der Waals surface area contributed by atoms with Crippen molar-refractivity contribution in [1.29, 1.82) is 0 Å². The number of likely N-dealkylation sites (N-methyl/N-ethyl adjacent to an activating group) is 1. The quantitative estimate of drug-likeness (QED) is 0.0406. The van der Waals surface area contributed by atoms with E-state index in [4.69, 9.17) is 18.5 Å². The number of rotatable bonds is 23. The molecule has 3 atom stereocenters. The normalized spacial score (nSPS) is 15.8. The van der Waals surface area contributed by atoms with Crippen LogP contribution in [0.1, 0.15) is 58.8 Å². The number of allylic oxidation sites excluding steroid dienone is 9. The Morgan fingerprint density at radius 2 is 1.51 bits per heavy atom. The number of ether oxygens (including phenoxy) is 2. The minimum absolute atomic E-state index is 0.0102. The zero-order valence-electron chi connectivity index (χ0n) is 25.4. The van der Waals surface area contributed by atoms with Gasteiger partial charge in [-0.05, 0) is 38.5 Å². The summed E-state index contributed by atoms with van der Waals surface area (Å²) in [5.41, 5.74) is 0. The molecule has 0 heterocycles. The first-order valence-electron chi connectivity index (χ1n) is 14.1. The van der Waals surface area contributed by atoms with Crippen LogP contribution in [-0.4, -0.2) is 86.1 Å². The molecule has 0 bridgehead atoms. The van der Waals surface area contributed by atoms with Gasteiger partial charge in [-0.25, -0.2) is 4.57 Å². The monoisotopic (exact) mass is 600 g/mol. The third kappa shape index (κ3) is 27.6. The van der Waals surface area contributed by atoms with E-state index in [0.29, 0.717) is 30.3 Å². The molecule has 0 aliphatic heterocycles. The fraction of sp³-hybridized carbons (Fsp3) is 0.600. The molecule has 2 N–H and O–H groups in total. The van der Waals surface area contributed by atoms with Gasteiger partial charge in [0.25, 0.3) is 0 Å². The molecular formula is C30H51NO9P+. The Hall–Kier alpha value is -2.33. The maximum atomic E-state index is 12.1. The van der Waals surface area contributed by atoms with Gasteiger partial charge in [-0.2, -0.15) is 0 Å².